The van der Waals surface area contributed by atoms with Gasteiger partial charge in [0.2, 0.25) is 23.6 Å². The van der Waals surface area contributed by atoms with E-state index in [1.54, 1.807) is 18.2 Å². The molecule has 0 radical (unpaired) electrons. The van der Waals surface area contributed by atoms with Crippen LogP contribution in [0.2, 0.25) is 0 Å². The van der Waals surface area contributed by atoms with E-state index >= 15 is 0 Å². The van der Waals surface area contributed by atoms with Gasteiger partial charge in [0, 0.05) is 28.3 Å². The molecule has 18 N–H and O–H groups in total. The number of amides is 7. The standard InChI is InChI=1S/C57H80N12O12/c1-5-34-18-19-35(64-55(75)45(16-8-12-28-60)68-51(71)40-31-36(20-23-47(40)79-2)63-53(73)43(62)14-6-10-26-58)30-39(34)50(70)67-44(15-7-11-27-59)54(74)65-37-21-24-48(80-3)41(32-37)52(72)69-46(17-9-13-29-61)56(76)66-38-22-25-49(81-4)42(33-38)57(77)78/h18-25,30-33,43-46H,5-17,26-29,58-62H2,1-4H3,(H,63,73)(H,64,75)(H,65,74)(H,66,76)(H,67,70)(H,68,71)(H,69,72)(H,77,78)/t43-,44-,45-,46-/m0/s1. The van der Waals surface area contributed by atoms with Gasteiger partial charge in [-0.05, 0) is 176 Å². The fourth-order valence-corrected chi connectivity index (χ4v) is 8.61. The number of hydrogen-bond donors (Lipinski definition) is 13. The number of benzene rings is 4. The first-order chi connectivity index (χ1) is 38.9. The van der Waals surface area contributed by atoms with E-state index in [0.29, 0.717) is 89.5 Å². The average Bonchev–Trinajstić information content (AvgIpc) is 3.46. The Morgan fingerprint density at radius 3 is 1.09 bits per heavy atom. The quantitative estimate of drug-likeness (QED) is 0.0290. The molecular weight excluding hydrogens is 1040 g/mol. The van der Waals surface area contributed by atoms with Crippen LogP contribution in [0.15, 0.2) is 72.8 Å². The second kappa shape index (κ2) is 34.1. The molecule has 0 unspecified atom stereocenters. The number of nitrogens with two attached hydrogens (primary N) is 5. The third-order valence-electron chi connectivity index (χ3n) is 13.1. The number of aromatic carboxylic acids is 1. The highest BCUT2D eigenvalue weighted by Gasteiger charge is 2.28. The van der Waals surface area contributed by atoms with Crippen LogP contribution in [0.3, 0.4) is 0 Å². The molecule has 0 aliphatic rings. The van der Waals surface area contributed by atoms with Gasteiger partial charge >= 0.3 is 5.97 Å². The van der Waals surface area contributed by atoms with Gasteiger partial charge in [0.1, 0.15) is 40.9 Å². The highest BCUT2D eigenvalue weighted by molar-refractivity contribution is 6.07. The Hall–Kier alpha value is -8.16. The first kappa shape index (κ1) is 65.4. The number of anilines is 4. The van der Waals surface area contributed by atoms with E-state index in [4.69, 9.17) is 42.9 Å². The smallest absolute Gasteiger partial charge is 0.339 e. The van der Waals surface area contributed by atoms with Crippen LogP contribution >= 0.6 is 0 Å². The molecule has 0 aliphatic carbocycles. The fourth-order valence-electron chi connectivity index (χ4n) is 8.61. The summed E-state index contributed by atoms with van der Waals surface area (Å²) in [5.41, 5.74) is 30.4. The molecule has 440 valence electrons. The van der Waals surface area contributed by atoms with Crippen LogP contribution in [-0.2, 0) is 25.6 Å². The van der Waals surface area contributed by atoms with E-state index < -0.39 is 71.5 Å². The van der Waals surface area contributed by atoms with Crippen molar-refractivity contribution in [2.24, 2.45) is 28.7 Å². The lowest BCUT2D eigenvalue weighted by molar-refractivity contribution is -0.118. The summed E-state index contributed by atoms with van der Waals surface area (Å²) in [5, 5.41) is 29.1. The summed E-state index contributed by atoms with van der Waals surface area (Å²) in [6.45, 7) is 3.33. The van der Waals surface area contributed by atoms with Gasteiger partial charge in [0.25, 0.3) is 17.7 Å². The minimum atomic E-state index is -1.27. The minimum absolute atomic E-state index is 0.0359. The maximum absolute atomic E-state index is 14.3. The lowest BCUT2D eigenvalue weighted by Crippen LogP contribution is -2.44. The van der Waals surface area contributed by atoms with E-state index in [0.717, 1.165) is 6.42 Å². The zero-order valence-electron chi connectivity index (χ0n) is 46.6. The van der Waals surface area contributed by atoms with Gasteiger partial charge in [-0.2, -0.15) is 0 Å². The summed E-state index contributed by atoms with van der Waals surface area (Å²) < 4.78 is 16.1. The van der Waals surface area contributed by atoms with Crippen molar-refractivity contribution in [1.82, 2.24) is 16.0 Å². The molecule has 4 atom stereocenters. The molecule has 81 heavy (non-hydrogen) atoms. The molecule has 24 nitrogen and oxygen atoms in total. The molecule has 24 heteroatoms. The number of carbonyl (C=O) groups is 8. The Kier molecular flexibility index (Phi) is 27.5. The van der Waals surface area contributed by atoms with Crippen molar-refractivity contribution in [3.8, 4) is 17.2 Å². The van der Waals surface area contributed by atoms with E-state index in [1.165, 1.54) is 75.9 Å². The molecule has 0 heterocycles. The average molecular weight is 1130 g/mol. The Morgan fingerprint density at radius 2 is 0.741 bits per heavy atom. The van der Waals surface area contributed by atoms with Crippen molar-refractivity contribution in [2.75, 3.05) is 68.8 Å². The highest BCUT2D eigenvalue weighted by Crippen LogP contribution is 2.27. The minimum Gasteiger partial charge on any atom is -0.496 e. The molecule has 0 bridgehead atoms. The zero-order valence-corrected chi connectivity index (χ0v) is 46.6. The lowest BCUT2D eigenvalue weighted by atomic mass is 10.0. The van der Waals surface area contributed by atoms with Gasteiger partial charge in [-0.1, -0.05) is 19.4 Å². The molecule has 4 aromatic rings. The molecular formula is C57H80N12O12. The monoisotopic (exact) mass is 1120 g/mol. The Bertz CT molecular complexity index is 2800. The van der Waals surface area contributed by atoms with Gasteiger partial charge in [0.05, 0.1) is 38.5 Å². The topological polar surface area (TPSA) is 399 Å². The summed E-state index contributed by atoms with van der Waals surface area (Å²) in [7, 11) is 4.05. The number of ether oxygens (including phenoxy) is 3. The van der Waals surface area contributed by atoms with E-state index in [-0.39, 0.29) is 81.5 Å². The first-order valence-electron chi connectivity index (χ1n) is 27.1. The number of unbranched alkanes of at least 4 members (excludes halogenated alkanes) is 4. The summed E-state index contributed by atoms with van der Waals surface area (Å²) in [6.07, 6.45) is 5.79. The van der Waals surface area contributed by atoms with Crippen LogP contribution < -0.4 is 80.1 Å². The van der Waals surface area contributed by atoms with Gasteiger partial charge < -0.3 is 85.2 Å². The van der Waals surface area contributed by atoms with Crippen LogP contribution in [0, 0.1) is 0 Å². The largest absolute Gasteiger partial charge is 0.496 e. The van der Waals surface area contributed by atoms with E-state index in [9.17, 15) is 43.5 Å². The number of nitrogens with one attached hydrogen (secondary N) is 7. The lowest BCUT2D eigenvalue weighted by Gasteiger charge is -2.22. The number of carboxylic acid groups (broad SMARTS) is 1. The fraction of sp³-hybridized carbons (Fsp3) is 0.439. The van der Waals surface area contributed by atoms with Crippen molar-refractivity contribution in [3.05, 3.63) is 101 Å². The highest BCUT2D eigenvalue weighted by atomic mass is 16.5. The Morgan fingerprint density at radius 1 is 0.432 bits per heavy atom. The molecule has 0 saturated carbocycles. The molecule has 4 aromatic carbocycles. The molecule has 7 amide bonds. The van der Waals surface area contributed by atoms with Gasteiger partial charge in [-0.3, -0.25) is 33.6 Å². The van der Waals surface area contributed by atoms with Crippen molar-refractivity contribution < 1.29 is 57.7 Å². The third kappa shape index (κ3) is 20.2. The third-order valence-corrected chi connectivity index (χ3v) is 13.1. The maximum Gasteiger partial charge on any atom is 0.339 e. The number of carboxylic acids is 1. The molecule has 0 aromatic heterocycles. The summed E-state index contributed by atoms with van der Waals surface area (Å²) in [5.74, 6) is -5.18. The second-order valence-electron chi connectivity index (χ2n) is 19.1. The zero-order chi connectivity index (χ0) is 59.4. The second-order valence-corrected chi connectivity index (χ2v) is 19.1. The van der Waals surface area contributed by atoms with Crippen LogP contribution in [0.4, 0.5) is 22.7 Å². The van der Waals surface area contributed by atoms with Gasteiger partial charge in [-0.15, -0.1) is 0 Å². The van der Waals surface area contributed by atoms with Gasteiger partial charge in [0.15, 0.2) is 0 Å². The number of aryl methyl sites for hydroxylation is 1. The van der Waals surface area contributed by atoms with E-state index in [1.807, 2.05) is 6.92 Å². The number of methoxy groups -OCH3 is 3. The predicted molar refractivity (Wildman–Crippen MR) is 310 cm³/mol. The summed E-state index contributed by atoms with van der Waals surface area (Å²) in [6, 6.07) is 13.6. The van der Waals surface area contributed by atoms with E-state index in [2.05, 4.69) is 37.2 Å². The molecule has 0 fully saturated rings. The molecule has 4 rings (SSSR count). The molecule has 0 saturated heterocycles. The van der Waals surface area contributed by atoms with Crippen LogP contribution in [-0.4, -0.2) is 124 Å². The maximum atomic E-state index is 14.3. The number of rotatable bonds is 35. The Labute approximate surface area is 472 Å². The van der Waals surface area contributed by atoms with Crippen LogP contribution in [0.25, 0.3) is 0 Å². The molecule has 0 aliphatic heterocycles. The number of hydrogen-bond acceptors (Lipinski definition) is 16. The first-order valence-corrected chi connectivity index (χ1v) is 27.1. The van der Waals surface area contributed by atoms with Crippen molar-refractivity contribution >= 4 is 70.1 Å². The summed E-state index contributed by atoms with van der Waals surface area (Å²) in [4.78, 5) is 109. The number of carbonyl (C=O) groups excluding carboxylic acids is 7. The van der Waals surface area contributed by atoms with Crippen LogP contribution in [0.1, 0.15) is 131 Å². The normalized spacial score (nSPS) is 12.4. The Balaban J connectivity index is 1.55. The molecule has 0 spiro atoms. The summed E-state index contributed by atoms with van der Waals surface area (Å²) >= 11 is 0. The van der Waals surface area contributed by atoms with Crippen molar-refractivity contribution in [3.63, 3.8) is 0 Å². The van der Waals surface area contributed by atoms with Gasteiger partial charge in [-0.25, -0.2) is 4.79 Å². The van der Waals surface area contributed by atoms with Crippen molar-refractivity contribution in [1.29, 1.82) is 0 Å². The van der Waals surface area contributed by atoms with Crippen molar-refractivity contribution in [2.45, 2.75) is 115 Å². The van der Waals surface area contributed by atoms with Crippen LogP contribution in [0.5, 0.6) is 17.2 Å². The SMILES string of the molecule is CCc1ccc(NC(=O)[C@H](CCCCN)NC(=O)c2cc(NC(=O)[C@@H](N)CCCCN)ccc2OC)cc1C(=O)N[C@@H](CCCCN)C(=O)Nc1ccc(OC)c(C(=O)N[C@@H](CCCCN)C(=O)Nc2ccc(OC)c(C(=O)O)c2)c1. The predicted octanol–water partition coefficient (Wildman–Crippen LogP) is 3.97.